The van der Waals surface area contributed by atoms with Crippen LogP contribution in [0.4, 0.5) is 0 Å². The molecule has 3 N–H and O–H groups in total. The number of amides is 1. The number of rotatable bonds is 6. The van der Waals surface area contributed by atoms with E-state index in [4.69, 9.17) is 5.73 Å². The fraction of sp³-hybridized carbons (Fsp3) is 0.778. The summed E-state index contributed by atoms with van der Waals surface area (Å²) in [4.78, 5) is 11.4. The molecule has 0 aliphatic rings. The molecule has 0 heterocycles. The SMILES string of the molecule is CCC(CC)CNC(=O)CC(N)=S. The fourth-order valence-corrected chi connectivity index (χ4v) is 1.19. The molecule has 1 amide bonds. The third-order valence-electron chi connectivity index (χ3n) is 2.08. The molecule has 0 saturated heterocycles. The van der Waals surface area contributed by atoms with Crippen molar-refractivity contribution in [2.45, 2.75) is 33.1 Å². The van der Waals surface area contributed by atoms with Crippen LogP contribution in [0.1, 0.15) is 33.1 Å². The Labute approximate surface area is 85.1 Å². The van der Waals surface area contributed by atoms with Crippen molar-refractivity contribution in [2.24, 2.45) is 11.7 Å². The first-order valence-corrected chi connectivity index (χ1v) is 5.05. The van der Waals surface area contributed by atoms with Crippen LogP contribution in [-0.2, 0) is 4.79 Å². The minimum atomic E-state index is -0.0700. The maximum Gasteiger partial charge on any atom is 0.226 e. The van der Waals surface area contributed by atoms with Gasteiger partial charge in [0.15, 0.2) is 0 Å². The molecule has 0 saturated carbocycles. The summed E-state index contributed by atoms with van der Waals surface area (Å²) in [5, 5.41) is 2.81. The normalized spacial score (nSPS) is 10.1. The lowest BCUT2D eigenvalue weighted by Crippen LogP contribution is -2.31. The van der Waals surface area contributed by atoms with Crippen LogP contribution >= 0.6 is 12.2 Å². The van der Waals surface area contributed by atoms with Gasteiger partial charge in [0.05, 0.1) is 11.4 Å². The van der Waals surface area contributed by atoms with E-state index in [0.717, 1.165) is 19.4 Å². The molecule has 0 aliphatic heterocycles. The number of carbonyl (C=O) groups excluding carboxylic acids is 1. The summed E-state index contributed by atoms with van der Waals surface area (Å²) in [5.74, 6) is 0.495. The predicted molar refractivity (Wildman–Crippen MR) is 58.5 cm³/mol. The van der Waals surface area contributed by atoms with Gasteiger partial charge in [0.2, 0.25) is 5.91 Å². The van der Waals surface area contributed by atoms with Crippen LogP contribution in [0.2, 0.25) is 0 Å². The largest absolute Gasteiger partial charge is 0.393 e. The Balaban J connectivity index is 3.62. The second-order valence-electron chi connectivity index (χ2n) is 3.13. The van der Waals surface area contributed by atoms with Crippen LogP contribution in [-0.4, -0.2) is 17.4 Å². The highest BCUT2D eigenvalue weighted by Crippen LogP contribution is 2.04. The van der Waals surface area contributed by atoms with E-state index >= 15 is 0 Å². The molecule has 0 bridgehead atoms. The standard InChI is InChI=1S/C9H18N2OS/c1-3-7(4-2)6-11-9(12)5-8(10)13/h7H,3-6H2,1-2H3,(H2,10,13)(H,11,12). The summed E-state index contributed by atoms with van der Waals surface area (Å²) in [5.41, 5.74) is 5.24. The molecule has 0 atom stereocenters. The Morgan fingerprint density at radius 3 is 2.38 bits per heavy atom. The molecule has 13 heavy (non-hydrogen) atoms. The lowest BCUT2D eigenvalue weighted by Gasteiger charge is -2.12. The average molecular weight is 202 g/mol. The van der Waals surface area contributed by atoms with Crippen molar-refractivity contribution in [3.8, 4) is 0 Å². The van der Waals surface area contributed by atoms with Gasteiger partial charge in [-0.1, -0.05) is 38.9 Å². The zero-order valence-electron chi connectivity index (χ0n) is 8.30. The molecular formula is C9H18N2OS. The molecule has 0 aromatic heterocycles. The van der Waals surface area contributed by atoms with Gasteiger partial charge in [0.25, 0.3) is 0 Å². The fourth-order valence-electron chi connectivity index (χ4n) is 1.06. The third-order valence-corrected chi connectivity index (χ3v) is 2.22. The van der Waals surface area contributed by atoms with E-state index in [1.165, 1.54) is 0 Å². The van der Waals surface area contributed by atoms with Crippen molar-refractivity contribution < 1.29 is 4.79 Å². The van der Waals surface area contributed by atoms with Crippen molar-refractivity contribution in [3.63, 3.8) is 0 Å². The van der Waals surface area contributed by atoms with Crippen molar-refractivity contribution in [2.75, 3.05) is 6.54 Å². The molecule has 0 fully saturated rings. The Kier molecular flexibility index (Phi) is 6.49. The molecule has 0 aliphatic carbocycles. The van der Waals surface area contributed by atoms with Crippen LogP contribution in [0, 0.1) is 5.92 Å². The van der Waals surface area contributed by atoms with E-state index in [2.05, 4.69) is 31.4 Å². The van der Waals surface area contributed by atoms with Gasteiger partial charge in [-0.3, -0.25) is 4.79 Å². The van der Waals surface area contributed by atoms with E-state index in [-0.39, 0.29) is 17.3 Å². The summed E-state index contributed by atoms with van der Waals surface area (Å²) in [7, 11) is 0. The Hall–Kier alpha value is -0.640. The molecule has 0 aromatic carbocycles. The summed E-state index contributed by atoms with van der Waals surface area (Å²) < 4.78 is 0. The molecular weight excluding hydrogens is 184 g/mol. The van der Waals surface area contributed by atoms with Crippen molar-refractivity contribution >= 4 is 23.1 Å². The van der Waals surface area contributed by atoms with Crippen LogP contribution in [0.3, 0.4) is 0 Å². The monoisotopic (exact) mass is 202 g/mol. The van der Waals surface area contributed by atoms with Crippen LogP contribution < -0.4 is 11.1 Å². The molecule has 0 rings (SSSR count). The molecule has 4 heteroatoms. The maximum absolute atomic E-state index is 11.1. The van der Waals surface area contributed by atoms with Gasteiger partial charge in [-0.05, 0) is 5.92 Å². The highest BCUT2D eigenvalue weighted by molar-refractivity contribution is 7.80. The van der Waals surface area contributed by atoms with E-state index < -0.39 is 0 Å². The van der Waals surface area contributed by atoms with Crippen LogP contribution in [0.15, 0.2) is 0 Å². The second-order valence-corrected chi connectivity index (χ2v) is 3.65. The Morgan fingerprint density at radius 1 is 1.46 bits per heavy atom. The quantitative estimate of drug-likeness (QED) is 0.637. The lowest BCUT2D eigenvalue weighted by atomic mass is 10.0. The summed E-state index contributed by atoms with van der Waals surface area (Å²) in [6, 6.07) is 0. The van der Waals surface area contributed by atoms with Gasteiger partial charge in [0, 0.05) is 6.54 Å². The van der Waals surface area contributed by atoms with Gasteiger partial charge < -0.3 is 11.1 Å². The van der Waals surface area contributed by atoms with E-state index in [9.17, 15) is 4.79 Å². The van der Waals surface area contributed by atoms with E-state index in [1.807, 2.05) is 0 Å². The number of nitrogens with two attached hydrogens (primary N) is 1. The third kappa shape index (κ3) is 6.51. The zero-order chi connectivity index (χ0) is 10.3. The first-order valence-electron chi connectivity index (χ1n) is 4.65. The van der Waals surface area contributed by atoms with Crippen LogP contribution in [0.25, 0.3) is 0 Å². The molecule has 0 radical (unpaired) electrons. The minimum absolute atomic E-state index is 0.0700. The predicted octanol–water partition coefficient (Wildman–Crippen LogP) is 1.22. The molecule has 0 aromatic rings. The number of hydrogen-bond donors (Lipinski definition) is 2. The van der Waals surface area contributed by atoms with Crippen molar-refractivity contribution in [3.05, 3.63) is 0 Å². The smallest absolute Gasteiger partial charge is 0.226 e. The van der Waals surface area contributed by atoms with Gasteiger partial charge in [-0.15, -0.1) is 0 Å². The van der Waals surface area contributed by atoms with Gasteiger partial charge in [-0.2, -0.15) is 0 Å². The Bertz CT molecular complexity index is 178. The van der Waals surface area contributed by atoms with Crippen molar-refractivity contribution in [1.29, 1.82) is 0 Å². The van der Waals surface area contributed by atoms with Crippen LogP contribution in [0.5, 0.6) is 0 Å². The molecule has 0 unspecified atom stereocenters. The molecule has 76 valence electrons. The number of nitrogens with one attached hydrogen (secondary N) is 1. The number of hydrogen-bond acceptors (Lipinski definition) is 2. The Morgan fingerprint density at radius 2 is 2.00 bits per heavy atom. The number of carbonyl (C=O) groups is 1. The molecule has 0 spiro atoms. The first kappa shape index (κ1) is 12.4. The second kappa shape index (κ2) is 6.83. The summed E-state index contributed by atoms with van der Waals surface area (Å²) in [6.07, 6.45) is 2.34. The first-order chi connectivity index (χ1) is 6.10. The minimum Gasteiger partial charge on any atom is -0.393 e. The van der Waals surface area contributed by atoms with Gasteiger partial charge in [0.1, 0.15) is 0 Å². The summed E-state index contributed by atoms with van der Waals surface area (Å²) >= 11 is 4.63. The average Bonchev–Trinajstić information content (AvgIpc) is 2.05. The zero-order valence-corrected chi connectivity index (χ0v) is 9.12. The van der Waals surface area contributed by atoms with Gasteiger partial charge >= 0.3 is 0 Å². The number of thiocarbonyl (C=S) groups is 1. The summed E-state index contributed by atoms with van der Waals surface area (Å²) in [6.45, 7) is 4.97. The van der Waals surface area contributed by atoms with E-state index in [1.54, 1.807) is 0 Å². The maximum atomic E-state index is 11.1. The van der Waals surface area contributed by atoms with E-state index in [0.29, 0.717) is 5.92 Å². The lowest BCUT2D eigenvalue weighted by molar-refractivity contribution is -0.120. The topological polar surface area (TPSA) is 55.1 Å². The highest BCUT2D eigenvalue weighted by Gasteiger charge is 2.06. The van der Waals surface area contributed by atoms with Gasteiger partial charge in [-0.25, -0.2) is 0 Å². The van der Waals surface area contributed by atoms with Crippen molar-refractivity contribution in [1.82, 2.24) is 5.32 Å². The molecule has 3 nitrogen and oxygen atoms in total. The highest BCUT2D eigenvalue weighted by atomic mass is 32.1.